The van der Waals surface area contributed by atoms with Crippen molar-refractivity contribution >= 4 is 22.9 Å². The maximum absolute atomic E-state index is 12.2. The highest BCUT2D eigenvalue weighted by Gasteiger charge is 2.20. The molecule has 1 aliphatic heterocycles. The summed E-state index contributed by atoms with van der Waals surface area (Å²) in [5.41, 5.74) is 2.02. The summed E-state index contributed by atoms with van der Waals surface area (Å²) in [6, 6.07) is 12.1. The molecule has 1 saturated heterocycles. The van der Waals surface area contributed by atoms with Gasteiger partial charge in [0.15, 0.2) is 0 Å². The monoisotopic (exact) mass is 286 g/mol. The van der Waals surface area contributed by atoms with Gasteiger partial charge >= 0.3 is 0 Å². The quantitative estimate of drug-likeness (QED) is 0.906. The van der Waals surface area contributed by atoms with Crippen LogP contribution in [0.1, 0.15) is 19.3 Å². The zero-order chi connectivity index (χ0) is 13.8. The van der Waals surface area contributed by atoms with Crippen LogP contribution in [0.25, 0.3) is 10.4 Å². The average molecular weight is 286 g/mol. The zero-order valence-corrected chi connectivity index (χ0v) is 12.1. The van der Waals surface area contributed by atoms with Gasteiger partial charge in [-0.1, -0.05) is 24.6 Å². The summed E-state index contributed by atoms with van der Waals surface area (Å²) in [5, 5.41) is 8.35. The number of benzene rings is 1. The summed E-state index contributed by atoms with van der Waals surface area (Å²) in [4.78, 5) is 13.4. The first kappa shape index (κ1) is 13.3. The van der Waals surface area contributed by atoms with E-state index in [0.29, 0.717) is 0 Å². The van der Waals surface area contributed by atoms with Gasteiger partial charge in [0, 0.05) is 10.6 Å². The Hall–Kier alpha value is -1.65. The SMILES string of the molecule is O=C(Nc1cccc(-c2cccs2)c1)C1CCCCN1. The van der Waals surface area contributed by atoms with Crippen molar-refractivity contribution < 1.29 is 4.79 Å². The van der Waals surface area contributed by atoms with Gasteiger partial charge in [0.25, 0.3) is 0 Å². The van der Waals surface area contributed by atoms with Crippen molar-refractivity contribution in [3.05, 3.63) is 41.8 Å². The molecule has 1 unspecified atom stereocenters. The van der Waals surface area contributed by atoms with E-state index in [2.05, 4.69) is 28.1 Å². The van der Waals surface area contributed by atoms with E-state index in [4.69, 9.17) is 0 Å². The third-order valence-corrected chi connectivity index (χ3v) is 4.48. The summed E-state index contributed by atoms with van der Waals surface area (Å²) in [5.74, 6) is 0.0769. The first-order chi connectivity index (χ1) is 9.83. The van der Waals surface area contributed by atoms with E-state index in [-0.39, 0.29) is 11.9 Å². The van der Waals surface area contributed by atoms with Crippen LogP contribution < -0.4 is 10.6 Å². The smallest absolute Gasteiger partial charge is 0.241 e. The molecule has 20 heavy (non-hydrogen) atoms. The molecule has 1 aliphatic rings. The van der Waals surface area contributed by atoms with E-state index in [0.717, 1.165) is 37.1 Å². The van der Waals surface area contributed by atoms with Gasteiger partial charge in [-0.2, -0.15) is 0 Å². The van der Waals surface area contributed by atoms with E-state index in [1.165, 1.54) is 4.88 Å². The second-order valence-electron chi connectivity index (χ2n) is 5.05. The minimum absolute atomic E-state index is 0.0471. The molecule has 2 heterocycles. The number of hydrogen-bond donors (Lipinski definition) is 2. The lowest BCUT2D eigenvalue weighted by Gasteiger charge is -2.22. The van der Waals surface area contributed by atoms with Crippen LogP contribution in [-0.4, -0.2) is 18.5 Å². The van der Waals surface area contributed by atoms with Crippen LogP contribution in [0.4, 0.5) is 5.69 Å². The fourth-order valence-corrected chi connectivity index (χ4v) is 3.22. The Balaban J connectivity index is 1.71. The number of thiophene rings is 1. The van der Waals surface area contributed by atoms with E-state index in [1.54, 1.807) is 11.3 Å². The molecule has 2 aromatic rings. The zero-order valence-electron chi connectivity index (χ0n) is 11.3. The summed E-state index contributed by atoms with van der Waals surface area (Å²) in [7, 11) is 0. The van der Waals surface area contributed by atoms with Crippen LogP contribution >= 0.6 is 11.3 Å². The number of rotatable bonds is 3. The van der Waals surface area contributed by atoms with Gasteiger partial charge in [-0.25, -0.2) is 0 Å². The standard InChI is InChI=1S/C16H18N2OS/c19-16(14-7-1-2-9-17-14)18-13-6-3-5-12(11-13)15-8-4-10-20-15/h3-6,8,10-11,14,17H,1-2,7,9H2,(H,18,19). The van der Waals surface area contributed by atoms with Crippen LogP contribution in [-0.2, 0) is 4.79 Å². The first-order valence-electron chi connectivity index (χ1n) is 7.01. The third kappa shape index (κ3) is 3.08. The molecule has 104 valence electrons. The molecule has 1 aromatic heterocycles. The fourth-order valence-electron chi connectivity index (χ4n) is 2.50. The molecule has 0 spiro atoms. The van der Waals surface area contributed by atoms with Gasteiger partial charge in [-0.3, -0.25) is 4.79 Å². The number of amides is 1. The lowest BCUT2D eigenvalue weighted by atomic mass is 10.0. The molecular formula is C16H18N2OS. The van der Waals surface area contributed by atoms with Gasteiger partial charge in [0.2, 0.25) is 5.91 Å². The Kier molecular flexibility index (Phi) is 4.14. The summed E-state index contributed by atoms with van der Waals surface area (Å²) in [6.07, 6.45) is 3.22. The van der Waals surface area contributed by atoms with Gasteiger partial charge in [0.05, 0.1) is 6.04 Å². The van der Waals surface area contributed by atoms with E-state index < -0.39 is 0 Å². The van der Waals surface area contributed by atoms with Gasteiger partial charge in [-0.05, 0) is 48.5 Å². The number of hydrogen-bond acceptors (Lipinski definition) is 3. The van der Waals surface area contributed by atoms with Crippen molar-refractivity contribution in [3.63, 3.8) is 0 Å². The molecular weight excluding hydrogens is 268 g/mol. The first-order valence-corrected chi connectivity index (χ1v) is 7.89. The number of piperidine rings is 1. The number of carbonyl (C=O) groups excluding carboxylic acids is 1. The molecule has 0 radical (unpaired) electrons. The molecule has 1 amide bonds. The summed E-state index contributed by atoms with van der Waals surface area (Å²) >= 11 is 1.71. The molecule has 3 nitrogen and oxygen atoms in total. The fraction of sp³-hybridized carbons (Fsp3) is 0.312. The number of anilines is 1. The van der Waals surface area contributed by atoms with Crippen molar-refractivity contribution in [2.24, 2.45) is 0 Å². The summed E-state index contributed by atoms with van der Waals surface area (Å²) in [6.45, 7) is 0.938. The van der Waals surface area contributed by atoms with Crippen LogP contribution in [0.2, 0.25) is 0 Å². The molecule has 4 heteroatoms. The molecule has 1 aromatic carbocycles. The molecule has 0 saturated carbocycles. The molecule has 0 aliphatic carbocycles. The maximum Gasteiger partial charge on any atom is 0.241 e. The van der Waals surface area contributed by atoms with Crippen molar-refractivity contribution in [3.8, 4) is 10.4 Å². The van der Waals surface area contributed by atoms with Gasteiger partial charge < -0.3 is 10.6 Å². The highest BCUT2D eigenvalue weighted by atomic mass is 32.1. The minimum Gasteiger partial charge on any atom is -0.325 e. The molecule has 1 fully saturated rings. The Morgan fingerprint density at radius 1 is 1.25 bits per heavy atom. The lowest BCUT2D eigenvalue weighted by Crippen LogP contribution is -2.43. The van der Waals surface area contributed by atoms with Crippen LogP contribution in [0.3, 0.4) is 0 Å². The highest BCUT2D eigenvalue weighted by molar-refractivity contribution is 7.13. The predicted molar refractivity (Wildman–Crippen MR) is 84.0 cm³/mol. The number of nitrogens with one attached hydrogen (secondary N) is 2. The largest absolute Gasteiger partial charge is 0.325 e. The van der Waals surface area contributed by atoms with E-state index in [9.17, 15) is 4.79 Å². The maximum atomic E-state index is 12.2. The molecule has 2 N–H and O–H groups in total. The second kappa shape index (κ2) is 6.20. The summed E-state index contributed by atoms with van der Waals surface area (Å²) < 4.78 is 0. The average Bonchev–Trinajstić information content (AvgIpc) is 3.03. The van der Waals surface area contributed by atoms with Gasteiger partial charge in [0.1, 0.15) is 0 Å². The normalized spacial score (nSPS) is 18.7. The van der Waals surface area contributed by atoms with E-state index >= 15 is 0 Å². The predicted octanol–water partition coefficient (Wildman–Crippen LogP) is 3.50. The molecule has 1 atom stereocenters. The van der Waals surface area contributed by atoms with Crippen LogP contribution in [0.15, 0.2) is 41.8 Å². The lowest BCUT2D eigenvalue weighted by molar-refractivity contribution is -0.118. The van der Waals surface area contributed by atoms with E-state index in [1.807, 2.05) is 24.3 Å². The topological polar surface area (TPSA) is 41.1 Å². The Morgan fingerprint density at radius 3 is 2.95 bits per heavy atom. The van der Waals surface area contributed by atoms with Crippen LogP contribution in [0, 0.1) is 0 Å². The second-order valence-corrected chi connectivity index (χ2v) is 6.00. The minimum atomic E-state index is -0.0471. The Labute approximate surface area is 123 Å². The highest BCUT2D eigenvalue weighted by Crippen LogP contribution is 2.26. The Morgan fingerprint density at radius 2 is 2.20 bits per heavy atom. The van der Waals surface area contributed by atoms with Gasteiger partial charge in [-0.15, -0.1) is 11.3 Å². The van der Waals surface area contributed by atoms with Crippen molar-refractivity contribution in [1.29, 1.82) is 0 Å². The molecule has 3 rings (SSSR count). The van der Waals surface area contributed by atoms with Crippen LogP contribution in [0.5, 0.6) is 0 Å². The number of carbonyl (C=O) groups is 1. The van der Waals surface area contributed by atoms with Crippen molar-refractivity contribution in [2.75, 3.05) is 11.9 Å². The third-order valence-electron chi connectivity index (χ3n) is 3.56. The van der Waals surface area contributed by atoms with Crippen molar-refractivity contribution in [2.45, 2.75) is 25.3 Å². The Bertz CT molecular complexity index is 574. The van der Waals surface area contributed by atoms with Crippen molar-refractivity contribution in [1.82, 2.24) is 5.32 Å². The molecule has 0 bridgehead atoms.